The summed E-state index contributed by atoms with van der Waals surface area (Å²) in [6, 6.07) is 25.3. The lowest BCUT2D eigenvalue weighted by atomic mass is 10.2. The summed E-state index contributed by atoms with van der Waals surface area (Å²) in [5.74, 6) is 1.43. The van der Waals surface area contributed by atoms with E-state index < -0.39 is 0 Å². The molecule has 3 aromatic carbocycles. The molecule has 4 rings (SSSR count). The number of para-hydroxylation sites is 1. The second kappa shape index (κ2) is 12.3. The first kappa shape index (κ1) is 24.7. The third-order valence-corrected chi connectivity index (χ3v) is 6.30. The van der Waals surface area contributed by atoms with Gasteiger partial charge in [0.05, 0.1) is 18.6 Å². The Kier molecular flexibility index (Phi) is 8.69. The lowest BCUT2D eigenvalue weighted by Gasteiger charge is -2.10. The van der Waals surface area contributed by atoms with E-state index in [-0.39, 0.29) is 11.7 Å². The molecule has 35 heavy (non-hydrogen) atoms. The van der Waals surface area contributed by atoms with E-state index in [1.807, 2.05) is 83.4 Å². The number of thioether (sulfide) groups is 1. The van der Waals surface area contributed by atoms with Gasteiger partial charge in [-0.05, 0) is 60.5 Å². The normalized spacial score (nSPS) is 11.0. The largest absolute Gasteiger partial charge is 0.494 e. The highest BCUT2D eigenvalue weighted by Crippen LogP contribution is 2.28. The van der Waals surface area contributed by atoms with Crippen LogP contribution >= 0.6 is 27.7 Å². The van der Waals surface area contributed by atoms with Gasteiger partial charge in [0, 0.05) is 15.7 Å². The van der Waals surface area contributed by atoms with Gasteiger partial charge in [0.25, 0.3) is 5.91 Å². The Balaban J connectivity index is 1.41. The molecular formula is C26H24BrN5O2S. The number of halogens is 1. The highest BCUT2D eigenvalue weighted by molar-refractivity contribution is 9.10. The van der Waals surface area contributed by atoms with Crippen LogP contribution in [0.1, 0.15) is 18.9 Å². The molecule has 0 atom stereocenters. The highest BCUT2D eigenvalue weighted by atomic mass is 79.9. The summed E-state index contributed by atoms with van der Waals surface area (Å²) in [6.45, 7) is 2.75. The second-order valence-corrected chi connectivity index (χ2v) is 9.34. The van der Waals surface area contributed by atoms with Gasteiger partial charge in [-0.25, -0.2) is 5.43 Å². The maximum absolute atomic E-state index is 12.4. The fourth-order valence-electron chi connectivity index (χ4n) is 3.17. The minimum Gasteiger partial charge on any atom is -0.494 e. The monoisotopic (exact) mass is 549 g/mol. The first-order valence-corrected chi connectivity index (χ1v) is 12.9. The highest BCUT2D eigenvalue weighted by Gasteiger charge is 2.17. The zero-order chi connectivity index (χ0) is 24.5. The van der Waals surface area contributed by atoms with Crippen molar-refractivity contribution in [3.05, 3.63) is 88.9 Å². The van der Waals surface area contributed by atoms with E-state index in [1.165, 1.54) is 11.8 Å². The number of nitrogens with one attached hydrogen (secondary N) is 1. The number of aromatic nitrogens is 3. The first-order chi connectivity index (χ1) is 17.1. The molecule has 0 unspecified atom stereocenters. The number of hydrogen-bond donors (Lipinski definition) is 1. The first-order valence-electron chi connectivity index (χ1n) is 11.1. The maximum atomic E-state index is 12.4. The van der Waals surface area contributed by atoms with Crippen LogP contribution in [0.2, 0.25) is 0 Å². The van der Waals surface area contributed by atoms with E-state index in [0.717, 1.165) is 33.5 Å². The van der Waals surface area contributed by atoms with E-state index in [2.05, 4.69) is 43.6 Å². The fourth-order valence-corrected chi connectivity index (χ4v) is 4.18. The van der Waals surface area contributed by atoms with Crippen molar-refractivity contribution in [2.45, 2.75) is 18.5 Å². The smallest absolute Gasteiger partial charge is 0.250 e. The summed E-state index contributed by atoms with van der Waals surface area (Å²) in [7, 11) is 0. The van der Waals surface area contributed by atoms with Crippen molar-refractivity contribution in [3.63, 3.8) is 0 Å². The third kappa shape index (κ3) is 6.80. The average molecular weight is 550 g/mol. The Hall–Kier alpha value is -3.43. The van der Waals surface area contributed by atoms with Crippen molar-refractivity contribution < 1.29 is 9.53 Å². The maximum Gasteiger partial charge on any atom is 0.250 e. The van der Waals surface area contributed by atoms with Crippen molar-refractivity contribution in [1.29, 1.82) is 0 Å². The van der Waals surface area contributed by atoms with Crippen LogP contribution in [0.3, 0.4) is 0 Å². The zero-order valence-electron chi connectivity index (χ0n) is 19.1. The number of rotatable bonds is 10. The van der Waals surface area contributed by atoms with Crippen molar-refractivity contribution in [3.8, 4) is 22.8 Å². The van der Waals surface area contributed by atoms with Gasteiger partial charge in [-0.15, -0.1) is 10.2 Å². The Morgan fingerprint density at radius 2 is 1.80 bits per heavy atom. The van der Waals surface area contributed by atoms with Crippen LogP contribution in [0.15, 0.2) is 93.6 Å². The van der Waals surface area contributed by atoms with E-state index in [0.29, 0.717) is 17.6 Å². The lowest BCUT2D eigenvalue weighted by Crippen LogP contribution is -2.20. The molecule has 1 heterocycles. The van der Waals surface area contributed by atoms with E-state index >= 15 is 0 Å². The lowest BCUT2D eigenvalue weighted by molar-refractivity contribution is -0.118. The van der Waals surface area contributed by atoms with Crippen molar-refractivity contribution in [2.24, 2.45) is 5.10 Å². The SMILES string of the molecule is CCCOc1ccc(/C=N\NC(=O)CSc2nnc(-c3ccc(Br)cc3)n2-c2ccccc2)cc1. The van der Waals surface area contributed by atoms with Gasteiger partial charge < -0.3 is 4.74 Å². The molecule has 4 aromatic rings. The van der Waals surface area contributed by atoms with Crippen LogP contribution in [-0.2, 0) is 4.79 Å². The minimum atomic E-state index is -0.234. The third-order valence-electron chi connectivity index (χ3n) is 4.84. The topological polar surface area (TPSA) is 81.4 Å². The molecule has 0 radical (unpaired) electrons. The van der Waals surface area contributed by atoms with Gasteiger partial charge in [0.1, 0.15) is 5.75 Å². The Labute approximate surface area is 216 Å². The fraction of sp³-hybridized carbons (Fsp3) is 0.154. The summed E-state index contributed by atoms with van der Waals surface area (Å²) in [5, 5.41) is 13.4. The number of carbonyl (C=O) groups is 1. The number of nitrogens with zero attached hydrogens (tertiary/aromatic N) is 4. The second-order valence-electron chi connectivity index (χ2n) is 7.48. The number of hydrazone groups is 1. The van der Waals surface area contributed by atoms with Crippen LogP contribution in [0.4, 0.5) is 0 Å². The molecule has 1 amide bonds. The number of amides is 1. The van der Waals surface area contributed by atoms with Crippen molar-refractivity contribution in [1.82, 2.24) is 20.2 Å². The number of ether oxygens (including phenoxy) is 1. The Bertz CT molecular complexity index is 1280. The molecule has 0 saturated heterocycles. The van der Waals surface area contributed by atoms with E-state index in [1.54, 1.807) is 6.21 Å². The van der Waals surface area contributed by atoms with Crippen LogP contribution in [0.5, 0.6) is 5.75 Å². The molecule has 7 nitrogen and oxygen atoms in total. The molecule has 1 aromatic heterocycles. The Morgan fingerprint density at radius 1 is 1.06 bits per heavy atom. The molecule has 0 saturated carbocycles. The molecule has 0 aliphatic carbocycles. The summed E-state index contributed by atoms with van der Waals surface area (Å²) in [6.07, 6.45) is 2.56. The van der Waals surface area contributed by atoms with Crippen LogP contribution in [0.25, 0.3) is 17.1 Å². The van der Waals surface area contributed by atoms with Gasteiger partial charge in [-0.2, -0.15) is 5.10 Å². The minimum absolute atomic E-state index is 0.145. The number of carbonyl (C=O) groups excluding carboxylic acids is 1. The van der Waals surface area contributed by atoms with Crippen LogP contribution < -0.4 is 10.2 Å². The van der Waals surface area contributed by atoms with Gasteiger partial charge in [-0.1, -0.05) is 64.9 Å². The molecule has 0 fully saturated rings. The number of hydrogen-bond acceptors (Lipinski definition) is 6. The zero-order valence-corrected chi connectivity index (χ0v) is 21.5. The number of benzene rings is 3. The summed E-state index contributed by atoms with van der Waals surface area (Å²) in [5.41, 5.74) is 5.28. The predicted molar refractivity (Wildman–Crippen MR) is 143 cm³/mol. The van der Waals surface area contributed by atoms with Crippen LogP contribution in [-0.4, -0.2) is 39.2 Å². The Morgan fingerprint density at radius 3 is 2.51 bits per heavy atom. The van der Waals surface area contributed by atoms with Gasteiger partial charge in [0.2, 0.25) is 0 Å². The summed E-state index contributed by atoms with van der Waals surface area (Å²) < 4.78 is 8.51. The molecule has 0 spiro atoms. The van der Waals surface area contributed by atoms with Gasteiger partial charge in [-0.3, -0.25) is 9.36 Å². The predicted octanol–water partition coefficient (Wildman–Crippen LogP) is 5.73. The van der Waals surface area contributed by atoms with Crippen LogP contribution in [0, 0.1) is 0 Å². The molecule has 0 aliphatic rings. The van der Waals surface area contributed by atoms with Crippen molar-refractivity contribution >= 4 is 39.8 Å². The molecule has 1 N–H and O–H groups in total. The standard InChI is InChI=1S/C26H24BrN5O2S/c1-2-16-34-23-14-8-19(9-15-23)17-28-29-24(33)18-35-26-31-30-25(20-10-12-21(27)13-11-20)32(26)22-6-4-3-5-7-22/h3-15,17H,2,16,18H2,1H3,(H,29,33)/b28-17-. The molecule has 178 valence electrons. The summed E-state index contributed by atoms with van der Waals surface area (Å²) in [4.78, 5) is 12.4. The van der Waals surface area contributed by atoms with Crippen molar-refractivity contribution in [2.75, 3.05) is 12.4 Å². The van der Waals surface area contributed by atoms with Gasteiger partial charge >= 0.3 is 0 Å². The summed E-state index contributed by atoms with van der Waals surface area (Å²) >= 11 is 4.77. The van der Waals surface area contributed by atoms with E-state index in [4.69, 9.17) is 4.74 Å². The average Bonchev–Trinajstić information content (AvgIpc) is 3.32. The molecule has 0 bridgehead atoms. The van der Waals surface area contributed by atoms with Gasteiger partial charge in [0.15, 0.2) is 11.0 Å². The van der Waals surface area contributed by atoms with E-state index in [9.17, 15) is 4.79 Å². The molecule has 0 aliphatic heterocycles. The molecular weight excluding hydrogens is 526 g/mol. The molecule has 9 heteroatoms. The quantitative estimate of drug-likeness (QED) is 0.155.